The first kappa shape index (κ1) is 25.4. The van der Waals surface area contributed by atoms with Gasteiger partial charge in [-0.2, -0.15) is 0 Å². The number of azo groups is 1. The number of pyridine rings is 2. The second-order valence-electron chi connectivity index (χ2n) is 8.42. The molecular formula is C24H29N9O4. The van der Waals surface area contributed by atoms with E-state index in [2.05, 4.69) is 20.2 Å². The van der Waals surface area contributed by atoms with Gasteiger partial charge in [0.15, 0.2) is 0 Å². The molecule has 0 amide bonds. The van der Waals surface area contributed by atoms with Crippen LogP contribution in [0.5, 0.6) is 11.8 Å². The molecule has 4 aromatic rings. The van der Waals surface area contributed by atoms with Gasteiger partial charge in [0.05, 0.1) is 18.0 Å². The number of anilines is 1. The molecule has 0 fully saturated rings. The molecule has 0 spiro atoms. The monoisotopic (exact) mass is 507 g/mol. The average molecular weight is 508 g/mol. The van der Waals surface area contributed by atoms with Crippen LogP contribution >= 0.6 is 0 Å². The second-order valence-corrected chi connectivity index (χ2v) is 8.42. The van der Waals surface area contributed by atoms with Crippen molar-refractivity contribution in [2.75, 3.05) is 5.73 Å². The molecule has 6 rings (SSSR count). The number of aromatic hydroxyl groups is 2. The van der Waals surface area contributed by atoms with E-state index in [0.29, 0.717) is 24.5 Å². The lowest BCUT2D eigenvalue weighted by Gasteiger charge is -2.16. The lowest BCUT2D eigenvalue weighted by molar-refractivity contribution is 0.305. The Kier molecular flexibility index (Phi) is 8.13. The quantitative estimate of drug-likeness (QED) is 0.350. The normalized spacial score (nSPS) is 14.1. The van der Waals surface area contributed by atoms with Crippen LogP contribution in [0.2, 0.25) is 0 Å². The maximum atomic E-state index is 12.1. The number of aromatic nitrogens is 6. The summed E-state index contributed by atoms with van der Waals surface area (Å²) in [6, 6.07) is 8.32. The number of hydrogen-bond acceptors (Lipinski definition) is 9. The van der Waals surface area contributed by atoms with Crippen LogP contribution in [0.15, 0.2) is 74.9 Å². The Balaban J connectivity index is 0.000000149. The van der Waals surface area contributed by atoms with Gasteiger partial charge in [-0.05, 0) is 49.9 Å². The Morgan fingerprint density at radius 2 is 1.41 bits per heavy atom. The Morgan fingerprint density at radius 3 is 1.95 bits per heavy atom. The van der Waals surface area contributed by atoms with Gasteiger partial charge in [-0.25, -0.2) is 14.0 Å². The summed E-state index contributed by atoms with van der Waals surface area (Å²) in [4.78, 5) is 30.8. The first-order valence-corrected chi connectivity index (χ1v) is 11.9. The van der Waals surface area contributed by atoms with E-state index in [1.807, 2.05) is 0 Å². The molecule has 0 saturated heterocycles. The topological polar surface area (TPSA) is 171 Å². The highest BCUT2D eigenvalue weighted by atomic mass is 16.3. The van der Waals surface area contributed by atoms with E-state index in [9.17, 15) is 19.8 Å². The molecule has 4 aromatic heterocycles. The molecule has 194 valence electrons. The number of nitrogens with zero attached hydrogens (tertiary/aromatic N) is 8. The van der Waals surface area contributed by atoms with Crippen LogP contribution in [-0.2, 0) is 26.2 Å². The van der Waals surface area contributed by atoms with Crippen molar-refractivity contribution in [3.05, 3.63) is 75.8 Å². The summed E-state index contributed by atoms with van der Waals surface area (Å²) in [7, 11) is 0. The minimum atomic E-state index is -0.301. The summed E-state index contributed by atoms with van der Waals surface area (Å²) in [5, 5.41) is 27.0. The Morgan fingerprint density at radius 1 is 0.784 bits per heavy atom. The summed E-state index contributed by atoms with van der Waals surface area (Å²) in [5.41, 5.74) is 6.14. The highest BCUT2D eigenvalue weighted by molar-refractivity contribution is 5.46. The van der Waals surface area contributed by atoms with Gasteiger partial charge < -0.3 is 15.9 Å². The Hall–Kier alpha value is -4.68. The van der Waals surface area contributed by atoms with E-state index in [1.165, 1.54) is 16.9 Å². The zero-order valence-electron chi connectivity index (χ0n) is 20.2. The van der Waals surface area contributed by atoms with Gasteiger partial charge in [0.1, 0.15) is 5.69 Å². The molecule has 0 atom stereocenters. The molecule has 0 unspecified atom stereocenters. The fourth-order valence-corrected chi connectivity index (χ4v) is 4.01. The molecule has 13 nitrogen and oxygen atoms in total. The molecule has 0 bridgehead atoms. The third kappa shape index (κ3) is 6.12. The summed E-state index contributed by atoms with van der Waals surface area (Å²) >= 11 is 0. The fraction of sp³-hybridized carbons (Fsp3) is 0.333. The maximum Gasteiger partial charge on any atom is 0.298 e. The van der Waals surface area contributed by atoms with Gasteiger partial charge >= 0.3 is 0 Å². The van der Waals surface area contributed by atoms with Crippen molar-refractivity contribution in [3.8, 4) is 11.8 Å². The third-order valence-corrected chi connectivity index (χ3v) is 5.82. The van der Waals surface area contributed by atoms with E-state index in [4.69, 9.17) is 5.73 Å². The van der Waals surface area contributed by atoms with Crippen LogP contribution in [0.3, 0.4) is 0 Å². The molecule has 6 heterocycles. The van der Waals surface area contributed by atoms with Crippen LogP contribution < -0.4 is 16.9 Å². The second kappa shape index (κ2) is 11.8. The standard InChI is InChI=1S/C12H13N5O2.C7H10N2O2.C5H6N2/c18-11-10(15-14-9-4-3-5-13-8-9)12(19)17-7-2-1-6-16(11)17;10-6-5-7(11)9-4-2-1-3-8(6)9;6-5-2-1-3-7-4-5/h3-5,8,18H,1-2,6-7H2;5,10H,1-4H2;1-4H,6H2. The first-order valence-electron chi connectivity index (χ1n) is 11.9. The van der Waals surface area contributed by atoms with Crippen molar-refractivity contribution in [1.29, 1.82) is 0 Å². The van der Waals surface area contributed by atoms with Crippen LogP contribution in [0, 0.1) is 0 Å². The Bertz CT molecular complexity index is 1450. The van der Waals surface area contributed by atoms with Crippen LogP contribution in [0.4, 0.5) is 17.1 Å². The van der Waals surface area contributed by atoms with Crippen molar-refractivity contribution in [1.82, 2.24) is 28.7 Å². The van der Waals surface area contributed by atoms with E-state index in [-0.39, 0.29) is 28.6 Å². The minimum absolute atomic E-state index is 0.00856. The van der Waals surface area contributed by atoms with Gasteiger partial charge in [0.2, 0.25) is 17.4 Å². The summed E-state index contributed by atoms with van der Waals surface area (Å²) in [6.07, 6.45) is 10.4. The molecule has 0 saturated carbocycles. The lowest BCUT2D eigenvalue weighted by atomic mass is 10.3. The molecule has 0 radical (unpaired) electrons. The SMILES string of the molecule is Nc1cccnc1.O=c1c(N=Nc2cccnc2)c(O)n2n1CCCC2.O=c1cc(O)n2n1CCCC2. The zero-order chi connectivity index (χ0) is 26.2. The van der Waals surface area contributed by atoms with E-state index in [0.717, 1.165) is 38.8 Å². The molecular weight excluding hydrogens is 478 g/mol. The predicted octanol–water partition coefficient (Wildman–Crippen LogP) is 2.77. The van der Waals surface area contributed by atoms with Crippen LogP contribution in [0.1, 0.15) is 25.7 Å². The molecule has 37 heavy (non-hydrogen) atoms. The average Bonchev–Trinajstić information content (AvgIpc) is 3.36. The van der Waals surface area contributed by atoms with Gasteiger partial charge in [-0.15, -0.1) is 10.2 Å². The van der Waals surface area contributed by atoms with Crippen molar-refractivity contribution in [3.63, 3.8) is 0 Å². The van der Waals surface area contributed by atoms with Crippen molar-refractivity contribution in [2.24, 2.45) is 10.2 Å². The minimum Gasteiger partial charge on any atom is -0.493 e. The fourth-order valence-electron chi connectivity index (χ4n) is 4.01. The summed E-state index contributed by atoms with van der Waals surface area (Å²) in [6.45, 7) is 2.73. The molecule has 0 aliphatic carbocycles. The first-order chi connectivity index (χ1) is 18.0. The predicted molar refractivity (Wildman–Crippen MR) is 136 cm³/mol. The molecule has 0 aromatic carbocycles. The number of fused-ring (bicyclic) bond motifs is 2. The lowest BCUT2D eigenvalue weighted by Crippen LogP contribution is -2.26. The number of hydrogen-bond donors (Lipinski definition) is 3. The number of nitrogen functional groups attached to an aromatic ring is 1. The maximum absolute atomic E-state index is 12.1. The highest BCUT2D eigenvalue weighted by Crippen LogP contribution is 2.27. The van der Waals surface area contributed by atoms with Crippen LogP contribution in [0.25, 0.3) is 0 Å². The van der Waals surface area contributed by atoms with Gasteiger partial charge in [-0.3, -0.25) is 24.2 Å². The number of rotatable bonds is 2. The smallest absolute Gasteiger partial charge is 0.298 e. The highest BCUT2D eigenvalue weighted by Gasteiger charge is 2.21. The number of nitrogens with two attached hydrogens (primary N) is 1. The largest absolute Gasteiger partial charge is 0.493 e. The molecule has 4 N–H and O–H groups in total. The summed E-state index contributed by atoms with van der Waals surface area (Å²) < 4.78 is 6.28. The van der Waals surface area contributed by atoms with E-state index in [1.54, 1.807) is 56.9 Å². The van der Waals surface area contributed by atoms with Crippen LogP contribution in [-0.4, -0.2) is 38.9 Å². The van der Waals surface area contributed by atoms with Crippen molar-refractivity contribution >= 4 is 17.1 Å². The molecule has 13 heteroatoms. The van der Waals surface area contributed by atoms with E-state index >= 15 is 0 Å². The Labute approximate surface area is 211 Å². The van der Waals surface area contributed by atoms with Crippen molar-refractivity contribution < 1.29 is 10.2 Å². The molecule has 2 aliphatic heterocycles. The van der Waals surface area contributed by atoms with E-state index < -0.39 is 0 Å². The zero-order valence-corrected chi connectivity index (χ0v) is 20.2. The summed E-state index contributed by atoms with van der Waals surface area (Å²) in [5.74, 6) is -0.0213. The van der Waals surface area contributed by atoms with Crippen molar-refractivity contribution in [2.45, 2.75) is 51.9 Å². The van der Waals surface area contributed by atoms with Gasteiger partial charge in [-0.1, -0.05) is 0 Å². The third-order valence-electron chi connectivity index (χ3n) is 5.82. The van der Waals surface area contributed by atoms with Gasteiger partial charge in [0.25, 0.3) is 11.1 Å². The molecule has 2 aliphatic rings. The van der Waals surface area contributed by atoms with Gasteiger partial charge in [0, 0.05) is 44.8 Å².